The van der Waals surface area contributed by atoms with Gasteiger partial charge in [-0.05, 0) is 24.6 Å². The second-order valence-corrected chi connectivity index (χ2v) is 4.75. The molecule has 0 atom stereocenters. The van der Waals surface area contributed by atoms with Gasteiger partial charge in [-0.3, -0.25) is 4.79 Å². The highest BCUT2D eigenvalue weighted by atomic mass is 79.9. The van der Waals surface area contributed by atoms with Crippen LogP contribution in [0.25, 0.3) is 0 Å². The quantitative estimate of drug-likeness (QED) is 0.909. The third-order valence-corrected chi connectivity index (χ3v) is 2.58. The maximum absolute atomic E-state index is 11.6. The van der Waals surface area contributed by atoms with Crippen molar-refractivity contribution in [3.05, 3.63) is 32.7 Å². The van der Waals surface area contributed by atoms with Crippen molar-refractivity contribution in [1.82, 2.24) is 5.32 Å². The largest absolute Gasteiger partial charge is 0.352 e. The van der Waals surface area contributed by atoms with E-state index < -0.39 is 0 Å². The Morgan fingerprint density at radius 1 is 1.29 bits per heavy atom. The lowest BCUT2D eigenvalue weighted by molar-refractivity contribution is 0.0953. The van der Waals surface area contributed by atoms with Gasteiger partial charge in [0.2, 0.25) is 0 Å². The Labute approximate surface area is 100 Å². The van der Waals surface area contributed by atoms with Gasteiger partial charge in [0.15, 0.2) is 0 Å². The number of carbonyl (C=O) groups excluding carboxylic acids is 1. The molecular formula is C10H11Br2NO. The summed E-state index contributed by atoms with van der Waals surface area (Å²) in [6.45, 7) is 2.74. The lowest BCUT2D eigenvalue weighted by Crippen LogP contribution is -2.23. The molecule has 1 amide bonds. The second-order valence-electron chi connectivity index (χ2n) is 2.91. The van der Waals surface area contributed by atoms with Gasteiger partial charge < -0.3 is 5.32 Å². The van der Waals surface area contributed by atoms with Crippen molar-refractivity contribution in [1.29, 1.82) is 0 Å². The Kier molecular flexibility index (Phi) is 4.62. The molecule has 0 aliphatic rings. The van der Waals surface area contributed by atoms with Crippen molar-refractivity contribution in [2.45, 2.75) is 13.3 Å². The highest BCUT2D eigenvalue weighted by Gasteiger charge is 2.05. The van der Waals surface area contributed by atoms with Crippen LogP contribution in [0.15, 0.2) is 27.1 Å². The fraction of sp³-hybridized carbons (Fsp3) is 0.300. The van der Waals surface area contributed by atoms with Gasteiger partial charge in [0.1, 0.15) is 0 Å². The van der Waals surface area contributed by atoms with Crippen molar-refractivity contribution in [3.8, 4) is 0 Å². The van der Waals surface area contributed by atoms with Gasteiger partial charge in [-0.15, -0.1) is 0 Å². The normalized spacial score (nSPS) is 9.93. The molecule has 76 valence electrons. The summed E-state index contributed by atoms with van der Waals surface area (Å²) < 4.78 is 1.79. The Hall–Kier alpha value is -0.350. The highest BCUT2D eigenvalue weighted by Crippen LogP contribution is 2.19. The first-order valence-electron chi connectivity index (χ1n) is 4.37. The minimum absolute atomic E-state index is 0.0335. The second kappa shape index (κ2) is 5.51. The minimum Gasteiger partial charge on any atom is -0.352 e. The summed E-state index contributed by atoms with van der Waals surface area (Å²) in [5, 5.41) is 2.82. The van der Waals surface area contributed by atoms with Crippen LogP contribution in [0, 0.1) is 0 Å². The summed E-state index contributed by atoms with van der Waals surface area (Å²) in [6, 6.07) is 5.50. The zero-order valence-electron chi connectivity index (χ0n) is 7.81. The standard InChI is InChI=1S/C10H11Br2NO/c1-2-3-13-10(14)7-4-8(11)6-9(12)5-7/h4-6H,2-3H2,1H3,(H,13,14). The van der Waals surface area contributed by atoms with Crippen molar-refractivity contribution >= 4 is 37.8 Å². The molecule has 14 heavy (non-hydrogen) atoms. The average Bonchev–Trinajstić information content (AvgIpc) is 2.12. The maximum Gasteiger partial charge on any atom is 0.251 e. The van der Waals surface area contributed by atoms with Crippen LogP contribution in [0.4, 0.5) is 0 Å². The van der Waals surface area contributed by atoms with Crippen LogP contribution in [0.3, 0.4) is 0 Å². The predicted octanol–water partition coefficient (Wildman–Crippen LogP) is 3.35. The number of halogens is 2. The van der Waals surface area contributed by atoms with Crippen LogP contribution in [-0.2, 0) is 0 Å². The molecule has 0 unspecified atom stereocenters. The smallest absolute Gasteiger partial charge is 0.251 e. The number of amides is 1. The summed E-state index contributed by atoms with van der Waals surface area (Å²) in [4.78, 5) is 11.6. The molecule has 0 saturated heterocycles. The van der Waals surface area contributed by atoms with E-state index in [0.717, 1.165) is 15.4 Å². The van der Waals surface area contributed by atoms with Crippen LogP contribution in [0.1, 0.15) is 23.7 Å². The first-order valence-corrected chi connectivity index (χ1v) is 5.96. The summed E-state index contributed by atoms with van der Waals surface area (Å²) in [6.07, 6.45) is 0.945. The van der Waals surface area contributed by atoms with Gasteiger partial charge in [0.05, 0.1) is 0 Å². The van der Waals surface area contributed by atoms with Gasteiger partial charge in [-0.25, -0.2) is 0 Å². The van der Waals surface area contributed by atoms with Crippen molar-refractivity contribution in [2.24, 2.45) is 0 Å². The summed E-state index contributed by atoms with van der Waals surface area (Å²) in [5.41, 5.74) is 0.666. The minimum atomic E-state index is -0.0335. The molecule has 0 fully saturated rings. The Balaban J connectivity index is 2.79. The molecule has 0 heterocycles. The van der Waals surface area contributed by atoms with E-state index in [-0.39, 0.29) is 5.91 Å². The van der Waals surface area contributed by atoms with E-state index in [4.69, 9.17) is 0 Å². The summed E-state index contributed by atoms with van der Waals surface area (Å²) >= 11 is 6.68. The monoisotopic (exact) mass is 319 g/mol. The summed E-state index contributed by atoms with van der Waals surface area (Å²) in [5.74, 6) is -0.0335. The van der Waals surface area contributed by atoms with Gasteiger partial charge in [0.25, 0.3) is 5.91 Å². The third kappa shape index (κ3) is 3.42. The summed E-state index contributed by atoms with van der Waals surface area (Å²) in [7, 11) is 0. The van der Waals surface area contributed by atoms with E-state index in [1.54, 1.807) is 12.1 Å². The fourth-order valence-corrected chi connectivity index (χ4v) is 2.32. The first-order chi connectivity index (χ1) is 6.63. The molecular weight excluding hydrogens is 310 g/mol. The zero-order chi connectivity index (χ0) is 10.6. The molecule has 1 N–H and O–H groups in total. The van der Waals surface area contributed by atoms with E-state index in [0.29, 0.717) is 12.1 Å². The number of nitrogens with one attached hydrogen (secondary N) is 1. The van der Waals surface area contributed by atoms with E-state index in [1.165, 1.54) is 0 Å². The topological polar surface area (TPSA) is 29.1 Å². The number of rotatable bonds is 3. The van der Waals surface area contributed by atoms with Crippen LogP contribution >= 0.6 is 31.9 Å². The first kappa shape index (κ1) is 11.7. The van der Waals surface area contributed by atoms with Crippen LogP contribution in [0.2, 0.25) is 0 Å². The van der Waals surface area contributed by atoms with E-state index in [1.807, 2.05) is 13.0 Å². The number of hydrogen-bond acceptors (Lipinski definition) is 1. The van der Waals surface area contributed by atoms with E-state index in [9.17, 15) is 4.79 Å². The van der Waals surface area contributed by atoms with Gasteiger partial charge >= 0.3 is 0 Å². The lowest BCUT2D eigenvalue weighted by atomic mass is 10.2. The maximum atomic E-state index is 11.6. The van der Waals surface area contributed by atoms with Crippen molar-refractivity contribution in [2.75, 3.05) is 6.54 Å². The molecule has 0 saturated carbocycles. The fourth-order valence-electron chi connectivity index (χ4n) is 1.03. The Bertz CT molecular complexity index is 319. The number of benzene rings is 1. The third-order valence-electron chi connectivity index (χ3n) is 1.66. The van der Waals surface area contributed by atoms with Crippen molar-refractivity contribution < 1.29 is 4.79 Å². The van der Waals surface area contributed by atoms with E-state index >= 15 is 0 Å². The molecule has 0 aliphatic carbocycles. The van der Waals surface area contributed by atoms with Crippen LogP contribution in [0.5, 0.6) is 0 Å². The lowest BCUT2D eigenvalue weighted by Gasteiger charge is -2.04. The SMILES string of the molecule is CCCNC(=O)c1cc(Br)cc(Br)c1. The molecule has 0 aromatic heterocycles. The van der Waals surface area contributed by atoms with Crippen molar-refractivity contribution in [3.63, 3.8) is 0 Å². The predicted molar refractivity (Wildman–Crippen MR) is 64.5 cm³/mol. The van der Waals surface area contributed by atoms with E-state index in [2.05, 4.69) is 37.2 Å². The van der Waals surface area contributed by atoms with Crippen LogP contribution in [-0.4, -0.2) is 12.5 Å². The van der Waals surface area contributed by atoms with Gasteiger partial charge in [-0.2, -0.15) is 0 Å². The van der Waals surface area contributed by atoms with Crippen LogP contribution < -0.4 is 5.32 Å². The molecule has 4 heteroatoms. The highest BCUT2D eigenvalue weighted by molar-refractivity contribution is 9.11. The molecule has 0 radical (unpaired) electrons. The molecule has 2 nitrogen and oxygen atoms in total. The molecule has 1 aromatic rings. The number of carbonyl (C=O) groups is 1. The van der Waals surface area contributed by atoms with Gasteiger partial charge in [-0.1, -0.05) is 38.8 Å². The Morgan fingerprint density at radius 3 is 2.36 bits per heavy atom. The molecule has 0 spiro atoms. The number of hydrogen-bond donors (Lipinski definition) is 1. The average molecular weight is 321 g/mol. The van der Waals surface area contributed by atoms with Gasteiger partial charge in [0, 0.05) is 21.1 Å². The molecule has 1 aromatic carbocycles. The Morgan fingerprint density at radius 2 is 1.86 bits per heavy atom. The zero-order valence-corrected chi connectivity index (χ0v) is 11.0. The molecule has 0 bridgehead atoms. The molecule has 1 rings (SSSR count). The molecule has 0 aliphatic heterocycles.